The quantitative estimate of drug-likeness (QED) is 0.176. The standard InChI is InChI=1S/C30H25Cl2N3O7/c1-3-6-15-7-4-10-20(24(15)36)23-18-11-12-19-22(21(18)14-29(31)27(39)33(2)28(40)30(23,29)32)26(38)34(25(19)37)16-8-5-9-17(13-16)35(41)42/h3-5,7-11,13,19,21-23,36H,1,6,12,14H2,2H3. The van der Waals surface area contributed by atoms with Crippen LogP contribution in [0.3, 0.4) is 0 Å². The van der Waals surface area contributed by atoms with Gasteiger partial charge >= 0.3 is 0 Å². The van der Waals surface area contributed by atoms with E-state index in [9.17, 15) is 34.4 Å². The molecule has 2 saturated heterocycles. The highest BCUT2D eigenvalue weighted by atomic mass is 35.5. The highest BCUT2D eigenvalue weighted by Crippen LogP contribution is 2.66. The van der Waals surface area contributed by atoms with Crippen LogP contribution in [0.2, 0.25) is 0 Å². The molecule has 10 nitrogen and oxygen atoms in total. The van der Waals surface area contributed by atoms with Crippen LogP contribution in [0.1, 0.15) is 29.9 Å². The molecular formula is C30H25Cl2N3O7. The van der Waals surface area contributed by atoms with E-state index in [0.717, 1.165) is 15.9 Å². The van der Waals surface area contributed by atoms with Crippen molar-refractivity contribution in [3.63, 3.8) is 0 Å². The van der Waals surface area contributed by atoms with Gasteiger partial charge in [-0.05, 0) is 36.8 Å². The number of imide groups is 2. The van der Waals surface area contributed by atoms with Gasteiger partial charge in [-0.2, -0.15) is 0 Å². The summed E-state index contributed by atoms with van der Waals surface area (Å²) >= 11 is 14.3. The van der Waals surface area contributed by atoms with Crippen molar-refractivity contribution in [1.82, 2.24) is 4.90 Å². The van der Waals surface area contributed by atoms with Gasteiger partial charge in [0.2, 0.25) is 11.8 Å². The first kappa shape index (κ1) is 28.1. The zero-order chi connectivity index (χ0) is 30.3. The minimum absolute atomic E-state index is 0.0661. The summed E-state index contributed by atoms with van der Waals surface area (Å²) in [5.74, 6) is -6.38. The molecule has 0 aromatic heterocycles. The number of fused-ring (bicyclic) bond motifs is 4. The molecular weight excluding hydrogens is 585 g/mol. The largest absolute Gasteiger partial charge is 0.507 e. The average Bonchev–Trinajstić information content (AvgIpc) is 3.29. The third-order valence-electron chi connectivity index (χ3n) is 9.14. The van der Waals surface area contributed by atoms with Gasteiger partial charge in [0.05, 0.1) is 22.4 Å². The van der Waals surface area contributed by atoms with E-state index in [1.54, 1.807) is 30.4 Å². The summed E-state index contributed by atoms with van der Waals surface area (Å²) in [7, 11) is 1.29. The van der Waals surface area contributed by atoms with Crippen molar-refractivity contribution in [2.45, 2.75) is 34.9 Å². The molecule has 0 bridgehead atoms. The number of para-hydroxylation sites is 1. The van der Waals surface area contributed by atoms with Crippen LogP contribution in [-0.2, 0) is 25.6 Å². The number of benzene rings is 2. The molecule has 3 fully saturated rings. The molecule has 6 atom stereocenters. The summed E-state index contributed by atoms with van der Waals surface area (Å²) in [5.41, 5.74) is 1.11. The van der Waals surface area contributed by atoms with E-state index >= 15 is 0 Å². The Hall–Kier alpha value is -4.02. The third-order valence-corrected chi connectivity index (χ3v) is 10.6. The molecule has 42 heavy (non-hydrogen) atoms. The van der Waals surface area contributed by atoms with Gasteiger partial charge in [0, 0.05) is 30.7 Å². The van der Waals surface area contributed by atoms with Crippen LogP contribution in [-0.4, -0.2) is 55.4 Å². The zero-order valence-electron chi connectivity index (χ0n) is 22.3. The Labute approximate surface area is 250 Å². The summed E-state index contributed by atoms with van der Waals surface area (Å²) < 4.78 is 0. The van der Waals surface area contributed by atoms with E-state index in [1.807, 2.05) is 0 Å². The lowest BCUT2D eigenvalue weighted by Crippen LogP contribution is -2.60. The summed E-state index contributed by atoms with van der Waals surface area (Å²) in [6.45, 7) is 3.73. The van der Waals surface area contributed by atoms with Gasteiger partial charge in [-0.25, -0.2) is 4.90 Å². The molecule has 2 aliphatic carbocycles. The number of rotatable bonds is 5. The van der Waals surface area contributed by atoms with E-state index in [1.165, 1.54) is 25.2 Å². The Kier molecular flexibility index (Phi) is 6.36. The Morgan fingerprint density at radius 3 is 2.50 bits per heavy atom. The molecule has 2 aromatic carbocycles. The SMILES string of the molecule is C=CCc1cccc(C2C3=CCC4C(=O)N(c5cccc([N+](=O)[O-])c5)C(=O)C4C3CC3(Cl)C(=O)N(C)C(=O)C23Cl)c1O. The predicted molar refractivity (Wildman–Crippen MR) is 153 cm³/mol. The second-order valence-electron chi connectivity index (χ2n) is 11.1. The maximum absolute atomic E-state index is 14.0. The van der Waals surface area contributed by atoms with Gasteiger partial charge in [-0.3, -0.25) is 34.2 Å². The number of aromatic hydroxyl groups is 1. The molecule has 0 radical (unpaired) electrons. The number of nitrogens with zero attached hydrogens (tertiary/aromatic N) is 3. The lowest BCUT2D eigenvalue weighted by Gasteiger charge is -2.50. The molecule has 0 spiro atoms. The highest BCUT2D eigenvalue weighted by Gasteiger charge is 2.76. The van der Waals surface area contributed by atoms with Crippen LogP contribution in [0.4, 0.5) is 11.4 Å². The minimum atomic E-state index is -2.02. The molecule has 1 saturated carbocycles. The zero-order valence-corrected chi connectivity index (χ0v) is 23.8. The number of alkyl halides is 2. The number of non-ortho nitro benzene ring substituents is 1. The first-order valence-electron chi connectivity index (χ1n) is 13.3. The fourth-order valence-electron chi connectivity index (χ4n) is 7.25. The van der Waals surface area contributed by atoms with Crippen LogP contribution in [0, 0.1) is 27.9 Å². The number of hydrogen-bond donors (Lipinski definition) is 1. The molecule has 2 aromatic rings. The summed E-state index contributed by atoms with van der Waals surface area (Å²) in [4.78, 5) is 63.5. The van der Waals surface area contributed by atoms with Gasteiger partial charge in [0.1, 0.15) is 5.75 Å². The molecule has 4 amide bonds. The third kappa shape index (κ3) is 3.51. The van der Waals surface area contributed by atoms with E-state index in [-0.39, 0.29) is 35.5 Å². The lowest BCUT2D eigenvalue weighted by molar-refractivity contribution is -0.384. The van der Waals surface area contributed by atoms with Gasteiger partial charge in [0.25, 0.3) is 17.5 Å². The van der Waals surface area contributed by atoms with E-state index in [2.05, 4.69) is 6.58 Å². The highest BCUT2D eigenvalue weighted by molar-refractivity contribution is 6.53. The Morgan fingerprint density at radius 1 is 1.10 bits per heavy atom. The van der Waals surface area contributed by atoms with E-state index in [4.69, 9.17) is 23.2 Å². The number of amides is 4. The number of carbonyl (C=O) groups is 4. The van der Waals surface area contributed by atoms with Crippen LogP contribution in [0.25, 0.3) is 0 Å². The van der Waals surface area contributed by atoms with Crippen LogP contribution < -0.4 is 4.90 Å². The Bertz CT molecular complexity index is 1660. The summed E-state index contributed by atoms with van der Waals surface area (Å²) in [5, 5.41) is 22.8. The van der Waals surface area contributed by atoms with Crippen molar-refractivity contribution in [3.8, 4) is 5.75 Å². The fraction of sp³-hybridized carbons (Fsp3) is 0.333. The van der Waals surface area contributed by atoms with E-state index in [0.29, 0.717) is 17.6 Å². The molecule has 2 aliphatic heterocycles. The minimum Gasteiger partial charge on any atom is -0.507 e. The number of anilines is 1. The Balaban J connectivity index is 1.52. The van der Waals surface area contributed by atoms with Crippen molar-refractivity contribution >= 4 is 58.2 Å². The van der Waals surface area contributed by atoms with Crippen LogP contribution in [0.5, 0.6) is 5.75 Å². The number of nitro benzene ring substituents is 1. The Morgan fingerprint density at radius 2 is 1.81 bits per heavy atom. The van der Waals surface area contributed by atoms with Crippen molar-refractivity contribution in [2.75, 3.05) is 11.9 Å². The normalized spacial score (nSPS) is 31.9. The fourth-order valence-corrected chi connectivity index (χ4v) is 8.27. The molecule has 6 unspecified atom stereocenters. The summed E-state index contributed by atoms with van der Waals surface area (Å²) in [6.07, 6.45) is 3.61. The van der Waals surface area contributed by atoms with Crippen molar-refractivity contribution in [3.05, 3.63) is 88.0 Å². The van der Waals surface area contributed by atoms with Crippen molar-refractivity contribution in [1.29, 1.82) is 0 Å². The topological polar surface area (TPSA) is 138 Å². The lowest BCUT2D eigenvalue weighted by atomic mass is 9.56. The van der Waals surface area contributed by atoms with Crippen LogP contribution in [0.15, 0.2) is 66.8 Å². The average molecular weight is 610 g/mol. The number of halogens is 2. The molecule has 1 N–H and O–H groups in total. The number of phenols is 1. The number of likely N-dealkylation sites (tertiary alicyclic amines) is 1. The second-order valence-corrected chi connectivity index (χ2v) is 12.4. The second kappa shape index (κ2) is 9.50. The van der Waals surface area contributed by atoms with Gasteiger partial charge < -0.3 is 5.11 Å². The van der Waals surface area contributed by atoms with Gasteiger partial charge in [-0.15, -0.1) is 29.8 Å². The van der Waals surface area contributed by atoms with Gasteiger partial charge in [-0.1, -0.05) is 42.0 Å². The molecule has 6 rings (SSSR count). The maximum Gasteiger partial charge on any atom is 0.271 e. The number of carbonyl (C=O) groups excluding carboxylic acids is 4. The smallest absolute Gasteiger partial charge is 0.271 e. The number of hydrogen-bond acceptors (Lipinski definition) is 7. The molecule has 216 valence electrons. The van der Waals surface area contributed by atoms with Gasteiger partial charge in [0.15, 0.2) is 9.75 Å². The summed E-state index contributed by atoms with van der Waals surface area (Å²) in [6, 6.07) is 10.3. The van der Waals surface area contributed by atoms with Crippen molar-refractivity contribution in [2.24, 2.45) is 17.8 Å². The number of phenolic OH excluding ortho intramolecular Hbond substituents is 1. The predicted octanol–water partition coefficient (Wildman–Crippen LogP) is 4.22. The number of nitro groups is 1. The first-order chi connectivity index (χ1) is 19.9. The number of allylic oxidation sites excluding steroid dienone is 3. The maximum atomic E-state index is 14.0. The molecule has 4 aliphatic rings. The molecule has 2 heterocycles. The van der Waals surface area contributed by atoms with Crippen molar-refractivity contribution < 1.29 is 29.2 Å². The monoisotopic (exact) mass is 609 g/mol. The first-order valence-corrected chi connectivity index (χ1v) is 14.1. The van der Waals surface area contributed by atoms with Crippen LogP contribution >= 0.6 is 23.2 Å². The molecule has 12 heteroatoms. The van der Waals surface area contributed by atoms with E-state index < -0.39 is 62.0 Å².